The molecule has 0 spiro atoms. The third kappa shape index (κ3) is 3.51. The zero-order valence-electron chi connectivity index (χ0n) is 8.67. The van der Waals surface area contributed by atoms with Gasteiger partial charge in [0.2, 0.25) is 0 Å². The topological polar surface area (TPSA) is 3.88 Å². The first kappa shape index (κ1) is 11.2. The average molecular weight is 166 g/mol. The summed E-state index contributed by atoms with van der Waals surface area (Å²) in [5.74, 6) is 0. The number of aryl methyl sites for hydroxylation is 2. The molecule has 0 aliphatic rings. The summed E-state index contributed by atoms with van der Waals surface area (Å²) in [4.78, 5) is 0. The Bertz CT molecular complexity index is 206. The summed E-state index contributed by atoms with van der Waals surface area (Å²) in [5, 5.41) is 0. The molecular weight excluding hydrogens is 146 g/mol. The van der Waals surface area contributed by atoms with Gasteiger partial charge in [0.15, 0.2) is 11.9 Å². The van der Waals surface area contributed by atoms with Gasteiger partial charge in [0.05, 0.1) is 0 Å². The van der Waals surface area contributed by atoms with Crippen LogP contribution < -0.4 is 4.57 Å². The summed E-state index contributed by atoms with van der Waals surface area (Å²) in [7, 11) is 0. The van der Waals surface area contributed by atoms with Gasteiger partial charge in [-0.05, 0) is 0 Å². The lowest BCUT2D eigenvalue weighted by atomic mass is 10.3. The maximum atomic E-state index is 2.26. The molecule has 0 aromatic carbocycles. The van der Waals surface area contributed by atoms with Crippen LogP contribution in [0.25, 0.3) is 0 Å². The number of aromatic nitrogens is 1. The van der Waals surface area contributed by atoms with E-state index in [0.717, 1.165) is 6.54 Å². The molecule has 1 aromatic heterocycles. The SMILES string of the molecule is CC.CCC[n+]1ccccc1C. The zero-order chi connectivity index (χ0) is 9.40. The standard InChI is InChI=1S/C9H14N.C2H6/c1-3-7-10-8-5-4-6-9(10)2;1-2/h4-6,8H,3,7H2,1-2H3;1-2H3/q+1;. The van der Waals surface area contributed by atoms with Gasteiger partial charge in [-0.2, -0.15) is 0 Å². The molecule has 0 saturated carbocycles. The highest BCUT2D eigenvalue weighted by atomic mass is 14.9. The molecule has 12 heavy (non-hydrogen) atoms. The van der Waals surface area contributed by atoms with Gasteiger partial charge in [-0.3, -0.25) is 0 Å². The first-order chi connectivity index (χ1) is 5.84. The summed E-state index contributed by atoms with van der Waals surface area (Å²) >= 11 is 0. The minimum absolute atomic E-state index is 1.13. The van der Waals surface area contributed by atoms with E-state index in [4.69, 9.17) is 0 Å². The van der Waals surface area contributed by atoms with E-state index in [0.29, 0.717) is 0 Å². The van der Waals surface area contributed by atoms with E-state index in [2.05, 4.69) is 42.8 Å². The largest absolute Gasteiger partial charge is 0.203 e. The molecule has 1 rings (SSSR count). The van der Waals surface area contributed by atoms with Crippen LogP contribution in [-0.4, -0.2) is 0 Å². The van der Waals surface area contributed by atoms with E-state index in [1.807, 2.05) is 13.8 Å². The van der Waals surface area contributed by atoms with Crippen molar-refractivity contribution in [2.75, 3.05) is 0 Å². The fraction of sp³-hybridized carbons (Fsp3) is 0.545. The Kier molecular flexibility index (Phi) is 6.35. The third-order valence-electron chi connectivity index (χ3n) is 1.63. The van der Waals surface area contributed by atoms with Crippen LogP contribution in [0.2, 0.25) is 0 Å². The summed E-state index contributed by atoms with van der Waals surface area (Å²) in [6, 6.07) is 6.28. The molecule has 68 valence electrons. The molecule has 0 unspecified atom stereocenters. The molecule has 1 heterocycles. The van der Waals surface area contributed by atoms with Crippen LogP contribution in [0.5, 0.6) is 0 Å². The maximum Gasteiger partial charge on any atom is 0.178 e. The summed E-state index contributed by atoms with van der Waals surface area (Å²) in [5.41, 5.74) is 1.34. The van der Waals surface area contributed by atoms with Crippen molar-refractivity contribution >= 4 is 0 Å². The Labute approximate surface area is 76.1 Å². The lowest BCUT2D eigenvalue weighted by Crippen LogP contribution is -2.35. The molecule has 1 nitrogen and oxygen atoms in total. The summed E-state index contributed by atoms with van der Waals surface area (Å²) in [6.07, 6.45) is 3.33. The highest BCUT2D eigenvalue weighted by molar-refractivity contribution is 4.93. The van der Waals surface area contributed by atoms with Crippen LogP contribution in [0.4, 0.5) is 0 Å². The Hall–Kier alpha value is -0.850. The average Bonchev–Trinajstić information content (AvgIpc) is 2.13. The van der Waals surface area contributed by atoms with Crippen molar-refractivity contribution in [1.82, 2.24) is 0 Å². The summed E-state index contributed by atoms with van der Waals surface area (Å²) < 4.78 is 2.26. The predicted molar refractivity (Wildman–Crippen MR) is 53.0 cm³/mol. The van der Waals surface area contributed by atoms with Crippen molar-refractivity contribution < 1.29 is 4.57 Å². The van der Waals surface area contributed by atoms with E-state index in [1.165, 1.54) is 12.1 Å². The van der Waals surface area contributed by atoms with E-state index in [1.54, 1.807) is 0 Å². The number of pyridine rings is 1. The fourth-order valence-corrected chi connectivity index (χ4v) is 1.05. The first-order valence-corrected chi connectivity index (χ1v) is 4.79. The van der Waals surface area contributed by atoms with Crippen molar-refractivity contribution in [3.63, 3.8) is 0 Å². The van der Waals surface area contributed by atoms with Crippen LogP contribution in [0.15, 0.2) is 24.4 Å². The zero-order valence-corrected chi connectivity index (χ0v) is 8.67. The van der Waals surface area contributed by atoms with E-state index >= 15 is 0 Å². The number of hydrogen-bond donors (Lipinski definition) is 0. The molecule has 0 amide bonds. The van der Waals surface area contributed by atoms with Crippen LogP contribution in [0.3, 0.4) is 0 Å². The molecule has 0 radical (unpaired) electrons. The van der Waals surface area contributed by atoms with Crippen molar-refractivity contribution in [2.24, 2.45) is 0 Å². The molecule has 0 aliphatic heterocycles. The smallest absolute Gasteiger partial charge is 0.178 e. The minimum atomic E-state index is 1.13. The lowest BCUT2D eigenvalue weighted by molar-refractivity contribution is -0.702. The molecular formula is C11H20N+. The Balaban J connectivity index is 0.000000561. The third-order valence-corrected chi connectivity index (χ3v) is 1.63. The van der Waals surface area contributed by atoms with Gasteiger partial charge >= 0.3 is 0 Å². The quantitative estimate of drug-likeness (QED) is 0.595. The number of rotatable bonds is 2. The summed E-state index contributed by atoms with van der Waals surface area (Å²) in [6.45, 7) is 9.46. The minimum Gasteiger partial charge on any atom is -0.203 e. The van der Waals surface area contributed by atoms with Gasteiger partial charge in [-0.15, -0.1) is 0 Å². The highest BCUT2D eigenvalue weighted by Gasteiger charge is 1.99. The Morgan fingerprint density at radius 3 is 2.42 bits per heavy atom. The molecule has 0 atom stereocenters. The van der Waals surface area contributed by atoms with Crippen LogP contribution in [0, 0.1) is 6.92 Å². The van der Waals surface area contributed by atoms with Gasteiger partial charge in [-0.1, -0.05) is 26.8 Å². The Morgan fingerprint density at radius 1 is 1.25 bits per heavy atom. The van der Waals surface area contributed by atoms with E-state index in [-0.39, 0.29) is 0 Å². The van der Waals surface area contributed by atoms with Crippen LogP contribution in [0.1, 0.15) is 32.9 Å². The molecule has 0 aliphatic carbocycles. The normalized spacial score (nSPS) is 8.67. The van der Waals surface area contributed by atoms with Crippen molar-refractivity contribution in [3.8, 4) is 0 Å². The highest BCUT2D eigenvalue weighted by Crippen LogP contribution is 1.87. The van der Waals surface area contributed by atoms with E-state index < -0.39 is 0 Å². The van der Waals surface area contributed by atoms with Gasteiger partial charge in [-0.25, -0.2) is 4.57 Å². The van der Waals surface area contributed by atoms with Gasteiger partial charge in [0.1, 0.15) is 6.54 Å². The number of hydrogen-bond acceptors (Lipinski definition) is 0. The van der Waals surface area contributed by atoms with Crippen molar-refractivity contribution in [2.45, 2.75) is 40.7 Å². The monoisotopic (exact) mass is 166 g/mol. The number of nitrogens with zero attached hydrogens (tertiary/aromatic N) is 1. The maximum absolute atomic E-state index is 2.26. The second kappa shape index (κ2) is 6.84. The molecule has 1 aromatic rings. The van der Waals surface area contributed by atoms with Crippen molar-refractivity contribution in [1.29, 1.82) is 0 Å². The van der Waals surface area contributed by atoms with Gasteiger partial charge < -0.3 is 0 Å². The lowest BCUT2D eigenvalue weighted by Gasteiger charge is -1.95. The molecule has 0 fully saturated rings. The second-order valence-electron chi connectivity index (χ2n) is 2.54. The molecule has 0 bridgehead atoms. The van der Waals surface area contributed by atoms with Gasteiger partial charge in [0, 0.05) is 25.5 Å². The van der Waals surface area contributed by atoms with Crippen LogP contribution in [-0.2, 0) is 6.54 Å². The second-order valence-corrected chi connectivity index (χ2v) is 2.54. The molecule has 0 saturated heterocycles. The molecule has 1 heteroatoms. The fourth-order valence-electron chi connectivity index (χ4n) is 1.05. The Morgan fingerprint density at radius 2 is 1.92 bits per heavy atom. The first-order valence-electron chi connectivity index (χ1n) is 4.79. The predicted octanol–water partition coefficient (Wildman–Crippen LogP) is 2.72. The van der Waals surface area contributed by atoms with Crippen LogP contribution >= 0.6 is 0 Å². The van der Waals surface area contributed by atoms with Crippen molar-refractivity contribution in [3.05, 3.63) is 30.1 Å². The van der Waals surface area contributed by atoms with Gasteiger partial charge in [0.25, 0.3) is 0 Å². The molecule has 0 N–H and O–H groups in total. The van der Waals surface area contributed by atoms with E-state index in [9.17, 15) is 0 Å².